The molecular weight excluding hydrogens is 200 g/mol. The Morgan fingerprint density at radius 3 is 2.81 bits per heavy atom. The van der Waals surface area contributed by atoms with Gasteiger partial charge in [-0.25, -0.2) is 0 Å². The summed E-state index contributed by atoms with van der Waals surface area (Å²) in [6.07, 6.45) is 8.50. The van der Waals surface area contributed by atoms with Gasteiger partial charge in [-0.15, -0.1) is 0 Å². The van der Waals surface area contributed by atoms with Crippen LogP contribution in [0.25, 0.3) is 0 Å². The average Bonchev–Trinajstić information content (AvgIpc) is 3.07. The van der Waals surface area contributed by atoms with Crippen molar-refractivity contribution in [3.63, 3.8) is 0 Å². The van der Waals surface area contributed by atoms with Gasteiger partial charge >= 0.3 is 0 Å². The molecule has 3 fully saturated rings. The summed E-state index contributed by atoms with van der Waals surface area (Å²) < 4.78 is 5.88. The van der Waals surface area contributed by atoms with Crippen molar-refractivity contribution in [3.8, 4) is 0 Å². The van der Waals surface area contributed by atoms with Crippen LogP contribution in [0.1, 0.15) is 38.5 Å². The minimum absolute atomic E-state index is 0.538. The lowest BCUT2D eigenvalue weighted by atomic mass is 10.0. The van der Waals surface area contributed by atoms with Crippen LogP contribution < -0.4 is 10.6 Å². The Kier molecular flexibility index (Phi) is 3.46. The van der Waals surface area contributed by atoms with E-state index in [4.69, 9.17) is 4.74 Å². The van der Waals surface area contributed by atoms with Crippen LogP contribution in [0, 0.1) is 5.92 Å². The smallest absolute Gasteiger partial charge is 0.0757 e. The molecule has 3 heteroatoms. The van der Waals surface area contributed by atoms with Crippen molar-refractivity contribution in [1.29, 1.82) is 0 Å². The molecule has 0 aromatic carbocycles. The summed E-state index contributed by atoms with van der Waals surface area (Å²) in [6.45, 7) is 3.36. The molecule has 2 N–H and O–H groups in total. The van der Waals surface area contributed by atoms with Gasteiger partial charge < -0.3 is 15.4 Å². The first kappa shape index (κ1) is 11.0. The Morgan fingerprint density at radius 1 is 1.00 bits per heavy atom. The molecule has 16 heavy (non-hydrogen) atoms. The van der Waals surface area contributed by atoms with E-state index in [2.05, 4.69) is 10.6 Å². The summed E-state index contributed by atoms with van der Waals surface area (Å²) in [4.78, 5) is 0. The van der Waals surface area contributed by atoms with E-state index in [0.29, 0.717) is 12.1 Å². The molecule has 3 nitrogen and oxygen atoms in total. The molecule has 3 unspecified atom stereocenters. The minimum atomic E-state index is 0.538. The van der Waals surface area contributed by atoms with Crippen molar-refractivity contribution in [1.82, 2.24) is 10.6 Å². The zero-order chi connectivity index (χ0) is 10.8. The molecule has 2 saturated heterocycles. The molecule has 1 saturated carbocycles. The fourth-order valence-electron chi connectivity index (χ4n) is 3.17. The molecule has 0 aromatic rings. The quantitative estimate of drug-likeness (QED) is 0.758. The maximum atomic E-state index is 5.88. The normalized spacial score (nSPS) is 40.9. The third-order valence-corrected chi connectivity index (χ3v) is 4.25. The van der Waals surface area contributed by atoms with Gasteiger partial charge in [0.15, 0.2) is 0 Å². The molecule has 92 valence electrons. The molecule has 0 bridgehead atoms. The van der Waals surface area contributed by atoms with E-state index in [0.717, 1.165) is 18.6 Å². The zero-order valence-corrected chi connectivity index (χ0v) is 10.1. The van der Waals surface area contributed by atoms with E-state index in [9.17, 15) is 0 Å². The summed E-state index contributed by atoms with van der Waals surface area (Å²) in [5.74, 6) is 0.879. The Balaban J connectivity index is 1.51. The summed E-state index contributed by atoms with van der Waals surface area (Å²) in [5.41, 5.74) is 0. The molecule has 3 aliphatic rings. The Bertz CT molecular complexity index is 222. The van der Waals surface area contributed by atoms with Gasteiger partial charge in [-0.1, -0.05) is 0 Å². The first-order valence-electron chi connectivity index (χ1n) is 7.02. The molecule has 0 aromatic heterocycles. The molecule has 2 aliphatic heterocycles. The number of rotatable bonds is 3. The molecule has 2 heterocycles. The van der Waals surface area contributed by atoms with Gasteiger partial charge in [0.2, 0.25) is 0 Å². The summed E-state index contributed by atoms with van der Waals surface area (Å²) in [7, 11) is 0. The van der Waals surface area contributed by atoms with Crippen LogP contribution >= 0.6 is 0 Å². The van der Waals surface area contributed by atoms with Crippen LogP contribution in [-0.4, -0.2) is 37.9 Å². The summed E-state index contributed by atoms with van der Waals surface area (Å²) in [5, 5.41) is 7.34. The molecule has 1 aliphatic carbocycles. The van der Waals surface area contributed by atoms with Crippen LogP contribution in [0.2, 0.25) is 0 Å². The van der Waals surface area contributed by atoms with Crippen molar-refractivity contribution in [2.45, 2.75) is 56.7 Å². The predicted octanol–water partition coefficient (Wildman–Crippen LogP) is 1.29. The molecule has 0 spiro atoms. The number of hydrogen-bond acceptors (Lipinski definition) is 3. The largest absolute Gasteiger partial charge is 0.376 e. The Morgan fingerprint density at radius 2 is 1.94 bits per heavy atom. The lowest BCUT2D eigenvalue weighted by molar-refractivity contribution is 0.0785. The lowest BCUT2D eigenvalue weighted by Gasteiger charge is -2.25. The summed E-state index contributed by atoms with van der Waals surface area (Å²) in [6, 6.07) is 1.37. The van der Waals surface area contributed by atoms with Crippen molar-refractivity contribution < 1.29 is 4.74 Å². The maximum Gasteiger partial charge on any atom is 0.0757 e. The van der Waals surface area contributed by atoms with E-state index in [1.807, 2.05) is 0 Å². The standard InChI is InChI=1S/C13H24N2O/c1-2-11(5-8-14-7-1)15-12-6-9-16-13(12)10-3-4-10/h10-15H,1-9H2. The van der Waals surface area contributed by atoms with E-state index >= 15 is 0 Å². The first-order valence-corrected chi connectivity index (χ1v) is 7.02. The zero-order valence-electron chi connectivity index (χ0n) is 10.1. The fraction of sp³-hybridized carbons (Fsp3) is 1.00. The molecule has 0 amide bonds. The lowest BCUT2D eigenvalue weighted by Crippen LogP contribution is -2.44. The second-order valence-corrected chi connectivity index (χ2v) is 5.61. The number of ether oxygens (including phenoxy) is 1. The highest BCUT2D eigenvalue weighted by Gasteiger charge is 2.41. The van der Waals surface area contributed by atoms with Crippen molar-refractivity contribution in [3.05, 3.63) is 0 Å². The molecule has 3 atom stereocenters. The van der Waals surface area contributed by atoms with Gasteiger partial charge in [0.1, 0.15) is 0 Å². The van der Waals surface area contributed by atoms with Crippen LogP contribution in [0.15, 0.2) is 0 Å². The molecule has 3 rings (SSSR count). The molecule has 0 radical (unpaired) electrons. The Hall–Kier alpha value is -0.120. The minimum Gasteiger partial charge on any atom is -0.376 e. The van der Waals surface area contributed by atoms with Crippen LogP contribution in [0.4, 0.5) is 0 Å². The average molecular weight is 224 g/mol. The first-order chi connectivity index (χ1) is 7.93. The van der Waals surface area contributed by atoms with E-state index < -0.39 is 0 Å². The van der Waals surface area contributed by atoms with Crippen molar-refractivity contribution in [2.75, 3.05) is 19.7 Å². The van der Waals surface area contributed by atoms with Crippen molar-refractivity contribution >= 4 is 0 Å². The second kappa shape index (κ2) is 5.03. The fourth-order valence-corrected chi connectivity index (χ4v) is 3.17. The third-order valence-electron chi connectivity index (χ3n) is 4.25. The van der Waals surface area contributed by atoms with E-state index in [1.165, 1.54) is 51.6 Å². The van der Waals surface area contributed by atoms with E-state index in [-0.39, 0.29) is 0 Å². The van der Waals surface area contributed by atoms with Gasteiger partial charge in [0.05, 0.1) is 6.10 Å². The monoisotopic (exact) mass is 224 g/mol. The van der Waals surface area contributed by atoms with Gasteiger partial charge in [-0.3, -0.25) is 0 Å². The topological polar surface area (TPSA) is 33.3 Å². The third kappa shape index (κ3) is 2.58. The highest BCUT2D eigenvalue weighted by atomic mass is 16.5. The van der Waals surface area contributed by atoms with Crippen LogP contribution in [0.3, 0.4) is 0 Å². The Labute approximate surface area is 98.3 Å². The van der Waals surface area contributed by atoms with E-state index in [1.54, 1.807) is 0 Å². The highest BCUT2D eigenvalue weighted by Crippen LogP contribution is 2.39. The van der Waals surface area contributed by atoms with Gasteiger partial charge in [-0.2, -0.15) is 0 Å². The number of hydrogen-bond donors (Lipinski definition) is 2. The second-order valence-electron chi connectivity index (χ2n) is 5.61. The van der Waals surface area contributed by atoms with Gasteiger partial charge in [0, 0.05) is 18.7 Å². The van der Waals surface area contributed by atoms with Crippen LogP contribution in [0.5, 0.6) is 0 Å². The van der Waals surface area contributed by atoms with Gasteiger partial charge in [0.25, 0.3) is 0 Å². The van der Waals surface area contributed by atoms with Gasteiger partial charge in [-0.05, 0) is 57.5 Å². The summed E-state index contributed by atoms with van der Waals surface area (Å²) >= 11 is 0. The maximum absolute atomic E-state index is 5.88. The molecular formula is C13H24N2O. The van der Waals surface area contributed by atoms with Crippen LogP contribution in [-0.2, 0) is 4.74 Å². The highest BCUT2D eigenvalue weighted by molar-refractivity contribution is 4.95. The SMILES string of the molecule is C1CNCCC(NC2CCOC2C2CC2)C1. The number of nitrogens with one attached hydrogen (secondary N) is 2. The predicted molar refractivity (Wildman–Crippen MR) is 64.5 cm³/mol. The van der Waals surface area contributed by atoms with Crippen molar-refractivity contribution in [2.24, 2.45) is 5.92 Å².